The van der Waals surface area contributed by atoms with Gasteiger partial charge in [-0.15, -0.1) is 0 Å². The molecule has 124 valence electrons. The third kappa shape index (κ3) is 4.35. The molecule has 0 saturated carbocycles. The molecule has 3 rings (SSSR count). The molecule has 0 unspecified atom stereocenters. The Labute approximate surface area is 141 Å². The molecule has 0 radical (unpaired) electrons. The lowest BCUT2D eigenvalue weighted by Gasteiger charge is -2.16. The Morgan fingerprint density at radius 2 is 1.83 bits per heavy atom. The predicted molar refractivity (Wildman–Crippen MR) is 93.4 cm³/mol. The zero-order valence-electron chi connectivity index (χ0n) is 13.5. The second-order valence-electron chi connectivity index (χ2n) is 5.91. The first kappa shape index (κ1) is 16.1. The molecule has 24 heavy (non-hydrogen) atoms. The van der Waals surface area contributed by atoms with E-state index in [9.17, 15) is 9.59 Å². The van der Waals surface area contributed by atoms with E-state index in [1.54, 1.807) is 0 Å². The highest BCUT2D eigenvalue weighted by Gasteiger charge is 2.19. The molecule has 0 aromatic heterocycles. The van der Waals surface area contributed by atoms with Gasteiger partial charge in [-0.25, -0.2) is 4.79 Å². The summed E-state index contributed by atoms with van der Waals surface area (Å²) in [5.41, 5.74) is 2.80. The van der Waals surface area contributed by atoms with Gasteiger partial charge < -0.3 is 15.5 Å². The zero-order chi connectivity index (χ0) is 16.8. The van der Waals surface area contributed by atoms with E-state index in [0.29, 0.717) is 19.5 Å². The van der Waals surface area contributed by atoms with Crippen LogP contribution in [0.5, 0.6) is 0 Å². The first-order valence-electron chi connectivity index (χ1n) is 8.16. The summed E-state index contributed by atoms with van der Waals surface area (Å²) in [6.45, 7) is 1.89. The molecule has 1 saturated heterocycles. The topological polar surface area (TPSA) is 61.4 Å². The standard InChI is InChI=1S/C19H21N3O2/c23-18-10-5-11-22(18)14-16-8-4-9-17(12-16)21-19(24)20-13-15-6-2-1-3-7-15/h1-4,6-9,12H,5,10-11,13-14H2,(H2,20,21,24). The molecule has 0 bridgehead atoms. The molecule has 2 aromatic carbocycles. The summed E-state index contributed by atoms with van der Waals surface area (Å²) in [4.78, 5) is 25.6. The number of rotatable bonds is 5. The Bertz CT molecular complexity index is 716. The van der Waals surface area contributed by atoms with Crippen LogP contribution in [0, 0.1) is 0 Å². The van der Waals surface area contributed by atoms with Crippen LogP contribution in [-0.4, -0.2) is 23.4 Å². The van der Waals surface area contributed by atoms with E-state index in [4.69, 9.17) is 0 Å². The van der Waals surface area contributed by atoms with E-state index in [2.05, 4.69) is 10.6 Å². The molecule has 0 aliphatic carbocycles. The average molecular weight is 323 g/mol. The Morgan fingerprint density at radius 3 is 2.58 bits per heavy atom. The minimum Gasteiger partial charge on any atom is -0.338 e. The number of urea groups is 1. The number of amides is 3. The number of hydrogen-bond donors (Lipinski definition) is 2. The van der Waals surface area contributed by atoms with Gasteiger partial charge in [0.2, 0.25) is 5.91 Å². The van der Waals surface area contributed by atoms with Crippen molar-refractivity contribution in [1.29, 1.82) is 0 Å². The van der Waals surface area contributed by atoms with Crippen LogP contribution in [0.2, 0.25) is 0 Å². The number of carbonyl (C=O) groups excluding carboxylic acids is 2. The van der Waals surface area contributed by atoms with Crippen molar-refractivity contribution in [3.05, 3.63) is 65.7 Å². The van der Waals surface area contributed by atoms with Crippen LogP contribution in [0.3, 0.4) is 0 Å². The molecular formula is C19H21N3O2. The van der Waals surface area contributed by atoms with Gasteiger partial charge in [0.15, 0.2) is 0 Å². The summed E-state index contributed by atoms with van der Waals surface area (Å²) in [7, 11) is 0. The molecule has 0 atom stereocenters. The van der Waals surface area contributed by atoms with Gasteiger partial charge in [-0.05, 0) is 29.7 Å². The van der Waals surface area contributed by atoms with Crippen LogP contribution in [0.1, 0.15) is 24.0 Å². The molecule has 2 aromatic rings. The van der Waals surface area contributed by atoms with Crippen LogP contribution in [0.4, 0.5) is 10.5 Å². The molecule has 1 aliphatic rings. The molecule has 5 nitrogen and oxygen atoms in total. The first-order valence-corrected chi connectivity index (χ1v) is 8.16. The van der Waals surface area contributed by atoms with Gasteiger partial charge in [0, 0.05) is 31.7 Å². The third-order valence-corrected chi connectivity index (χ3v) is 4.03. The Hall–Kier alpha value is -2.82. The summed E-state index contributed by atoms with van der Waals surface area (Å²) in [5.74, 6) is 0.203. The van der Waals surface area contributed by atoms with Crippen molar-refractivity contribution in [3.63, 3.8) is 0 Å². The van der Waals surface area contributed by atoms with Crippen molar-refractivity contribution in [2.24, 2.45) is 0 Å². The van der Waals surface area contributed by atoms with E-state index in [1.165, 1.54) is 0 Å². The molecule has 0 spiro atoms. The van der Waals surface area contributed by atoms with E-state index in [1.807, 2.05) is 59.5 Å². The maximum absolute atomic E-state index is 12.0. The fourth-order valence-corrected chi connectivity index (χ4v) is 2.79. The van der Waals surface area contributed by atoms with Crippen LogP contribution in [-0.2, 0) is 17.9 Å². The van der Waals surface area contributed by atoms with Crippen molar-refractivity contribution in [1.82, 2.24) is 10.2 Å². The fourth-order valence-electron chi connectivity index (χ4n) is 2.79. The van der Waals surface area contributed by atoms with Crippen molar-refractivity contribution in [2.45, 2.75) is 25.9 Å². The lowest BCUT2D eigenvalue weighted by molar-refractivity contribution is -0.128. The number of anilines is 1. The van der Waals surface area contributed by atoms with Crippen molar-refractivity contribution in [2.75, 3.05) is 11.9 Å². The average Bonchev–Trinajstić information content (AvgIpc) is 2.99. The van der Waals surface area contributed by atoms with Crippen LogP contribution < -0.4 is 10.6 Å². The normalized spacial score (nSPS) is 13.8. The molecule has 1 heterocycles. The first-order chi connectivity index (χ1) is 11.7. The zero-order valence-corrected chi connectivity index (χ0v) is 13.5. The number of likely N-dealkylation sites (tertiary alicyclic amines) is 1. The predicted octanol–water partition coefficient (Wildman–Crippen LogP) is 3.13. The van der Waals surface area contributed by atoms with E-state index >= 15 is 0 Å². The number of carbonyl (C=O) groups is 2. The molecule has 2 N–H and O–H groups in total. The van der Waals surface area contributed by atoms with Gasteiger partial charge in [0.1, 0.15) is 0 Å². The van der Waals surface area contributed by atoms with Gasteiger partial charge >= 0.3 is 6.03 Å². The highest BCUT2D eigenvalue weighted by molar-refractivity contribution is 5.89. The molecule has 5 heteroatoms. The molecule has 3 amide bonds. The molecule has 1 fully saturated rings. The number of nitrogens with one attached hydrogen (secondary N) is 2. The minimum absolute atomic E-state index is 0.203. The molecule has 1 aliphatic heterocycles. The van der Waals surface area contributed by atoms with Gasteiger partial charge in [-0.1, -0.05) is 42.5 Å². The summed E-state index contributed by atoms with van der Waals surface area (Å²) in [6.07, 6.45) is 1.57. The molecular weight excluding hydrogens is 302 g/mol. The number of nitrogens with zero attached hydrogens (tertiary/aromatic N) is 1. The SMILES string of the molecule is O=C(NCc1ccccc1)Nc1cccc(CN2CCCC2=O)c1. The van der Waals surface area contributed by atoms with Crippen LogP contribution in [0.15, 0.2) is 54.6 Å². The van der Waals surface area contributed by atoms with Gasteiger partial charge in [-0.3, -0.25) is 4.79 Å². The van der Waals surface area contributed by atoms with E-state index in [-0.39, 0.29) is 11.9 Å². The minimum atomic E-state index is -0.242. The van der Waals surface area contributed by atoms with Crippen molar-refractivity contribution >= 4 is 17.6 Å². The summed E-state index contributed by atoms with van der Waals surface area (Å²) in [6, 6.07) is 17.1. The highest BCUT2D eigenvalue weighted by Crippen LogP contribution is 2.17. The lowest BCUT2D eigenvalue weighted by Crippen LogP contribution is -2.28. The smallest absolute Gasteiger partial charge is 0.319 e. The van der Waals surface area contributed by atoms with Gasteiger partial charge in [0.25, 0.3) is 0 Å². The van der Waals surface area contributed by atoms with Gasteiger partial charge in [0.05, 0.1) is 0 Å². The van der Waals surface area contributed by atoms with Crippen molar-refractivity contribution in [3.8, 4) is 0 Å². The Morgan fingerprint density at radius 1 is 1.04 bits per heavy atom. The lowest BCUT2D eigenvalue weighted by atomic mass is 10.2. The summed E-state index contributed by atoms with van der Waals surface area (Å²) >= 11 is 0. The van der Waals surface area contributed by atoms with Crippen molar-refractivity contribution < 1.29 is 9.59 Å². The highest BCUT2D eigenvalue weighted by atomic mass is 16.2. The second kappa shape index (κ2) is 7.64. The monoisotopic (exact) mass is 323 g/mol. The largest absolute Gasteiger partial charge is 0.338 e. The fraction of sp³-hybridized carbons (Fsp3) is 0.263. The van der Waals surface area contributed by atoms with Crippen LogP contribution in [0.25, 0.3) is 0 Å². The number of benzene rings is 2. The second-order valence-corrected chi connectivity index (χ2v) is 5.91. The summed E-state index contributed by atoms with van der Waals surface area (Å²) in [5, 5.41) is 5.67. The van der Waals surface area contributed by atoms with E-state index < -0.39 is 0 Å². The Balaban J connectivity index is 1.54. The maximum Gasteiger partial charge on any atom is 0.319 e. The quantitative estimate of drug-likeness (QED) is 0.888. The maximum atomic E-state index is 12.0. The van der Waals surface area contributed by atoms with Crippen LogP contribution >= 0.6 is 0 Å². The number of hydrogen-bond acceptors (Lipinski definition) is 2. The Kier molecular flexibility index (Phi) is 5.11. The third-order valence-electron chi connectivity index (χ3n) is 4.03. The summed E-state index contributed by atoms with van der Waals surface area (Å²) < 4.78 is 0. The van der Waals surface area contributed by atoms with E-state index in [0.717, 1.165) is 29.8 Å². The van der Waals surface area contributed by atoms with Gasteiger partial charge in [-0.2, -0.15) is 0 Å².